The van der Waals surface area contributed by atoms with Gasteiger partial charge in [0.25, 0.3) is 0 Å². The van der Waals surface area contributed by atoms with E-state index in [1.165, 1.54) is 0 Å². The van der Waals surface area contributed by atoms with Gasteiger partial charge in [0.15, 0.2) is 0 Å². The molecule has 0 radical (unpaired) electrons. The zero-order chi connectivity index (χ0) is 15.5. The highest BCUT2D eigenvalue weighted by molar-refractivity contribution is 5.89. The second-order valence-electron chi connectivity index (χ2n) is 5.97. The summed E-state index contributed by atoms with van der Waals surface area (Å²) in [7, 11) is 0. The summed E-state index contributed by atoms with van der Waals surface area (Å²) >= 11 is 0. The third-order valence-electron chi connectivity index (χ3n) is 4.21. The maximum absolute atomic E-state index is 12.1. The van der Waals surface area contributed by atoms with Crippen LogP contribution in [-0.2, 0) is 11.2 Å². The summed E-state index contributed by atoms with van der Waals surface area (Å²) in [5, 5.41) is 13.5. The average molecular weight is 299 g/mol. The lowest BCUT2D eigenvalue weighted by Crippen LogP contribution is -2.39. The van der Waals surface area contributed by atoms with Gasteiger partial charge in [-0.05, 0) is 37.8 Å². The number of benzene rings is 1. The summed E-state index contributed by atoms with van der Waals surface area (Å²) in [5.74, 6) is -0.0252. The van der Waals surface area contributed by atoms with Crippen LogP contribution in [0.5, 0.6) is 0 Å². The largest absolute Gasteiger partial charge is 0.397 e. The molecule has 0 bridgehead atoms. The number of fused-ring (bicyclic) bond motifs is 1. The van der Waals surface area contributed by atoms with Crippen molar-refractivity contribution in [3.05, 3.63) is 36.0 Å². The molecule has 116 valence electrons. The van der Waals surface area contributed by atoms with Gasteiger partial charge in [-0.3, -0.25) is 9.78 Å². The molecule has 22 heavy (non-hydrogen) atoms. The Morgan fingerprint density at radius 2 is 2.00 bits per heavy atom. The standard InChI is InChI=1S/C17H21N3O2/c18-15-3-1-2-11-4-5-13(20-17(11)15)10-16(22)19-12-6-8-14(21)9-7-12/h1-5,12,14,21H,6-10,18H2,(H,19,22). The predicted molar refractivity (Wildman–Crippen MR) is 86.3 cm³/mol. The molecule has 1 saturated carbocycles. The van der Waals surface area contributed by atoms with Gasteiger partial charge in [0.2, 0.25) is 5.91 Å². The molecule has 0 spiro atoms. The number of hydrogen-bond donors (Lipinski definition) is 3. The van der Waals surface area contributed by atoms with Crippen LogP contribution in [0.4, 0.5) is 5.69 Å². The fourth-order valence-corrected chi connectivity index (χ4v) is 2.97. The van der Waals surface area contributed by atoms with Crippen LogP contribution in [0, 0.1) is 0 Å². The third-order valence-corrected chi connectivity index (χ3v) is 4.21. The Hall–Kier alpha value is -2.14. The number of aromatic nitrogens is 1. The number of aliphatic hydroxyl groups is 1. The molecule has 1 aliphatic rings. The molecule has 1 aromatic heterocycles. The Labute approximate surface area is 129 Å². The molecule has 1 aliphatic carbocycles. The minimum absolute atomic E-state index is 0.0252. The van der Waals surface area contributed by atoms with Gasteiger partial charge in [-0.15, -0.1) is 0 Å². The van der Waals surface area contributed by atoms with Crippen molar-refractivity contribution in [2.45, 2.75) is 44.2 Å². The number of amides is 1. The highest BCUT2D eigenvalue weighted by Crippen LogP contribution is 2.20. The molecule has 5 nitrogen and oxygen atoms in total. The van der Waals surface area contributed by atoms with Gasteiger partial charge < -0.3 is 16.2 Å². The smallest absolute Gasteiger partial charge is 0.226 e. The number of para-hydroxylation sites is 1. The molecule has 1 fully saturated rings. The van der Waals surface area contributed by atoms with E-state index in [0.717, 1.165) is 42.3 Å². The van der Waals surface area contributed by atoms with Crippen LogP contribution < -0.4 is 11.1 Å². The van der Waals surface area contributed by atoms with Crippen LogP contribution in [0.25, 0.3) is 10.9 Å². The van der Waals surface area contributed by atoms with Crippen LogP contribution in [0.3, 0.4) is 0 Å². The summed E-state index contributed by atoms with van der Waals surface area (Å²) in [4.78, 5) is 16.6. The molecule has 5 heteroatoms. The van der Waals surface area contributed by atoms with Crippen molar-refractivity contribution < 1.29 is 9.90 Å². The second-order valence-corrected chi connectivity index (χ2v) is 5.97. The number of rotatable bonds is 3. The van der Waals surface area contributed by atoms with E-state index in [0.29, 0.717) is 5.69 Å². The first kappa shape index (κ1) is 14.8. The first-order chi connectivity index (χ1) is 10.6. The maximum Gasteiger partial charge on any atom is 0.226 e. The van der Waals surface area contributed by atoms with Crippen molar-refractivity contribution in [3.8, 4) is 0 Å². The summed E-state index contributed by atoms with van der Waals surface area (Å²) in [6, 6.07) is 9.64. The van der Waals surface area contributed by atoms with Crippen molar-refractivity contribution in [2.75, 3.05) is 5.73 Å². The van der Waals surface area contributed by atoms with Gasteiger partial charge in [-0.25, -0.2) is 0 Å². The highest BCUT2D eigenvalue weighted by atomic mass is 16.3. The van der Waals surface area contributed by atoms with Crippen molar-refractivity contribution in [1.82, 2.24) is 10.3 Å². The molecule has 2 aromatic rings. The van der Waals surface area contributed by atoms with Crippen LogP contribution in [0.1, 0.15) is 31.4 Å². The number of carbonyl (C=O) groups is 1. The molecular formula is C17H21N3O2. The molecule has 4 N–H and O–H groups in total. The molecule has 0 atom stereocenters. The summed E-state index contributed by atoms with van der Waals surface area (Å²) in [5.41, 5.74) is 8.02. The number of aliphatic hydroxyl groups excluding tert-OH is 1. The number of hydrogen-bond acceptors (Lipinski definition) is 4. The Morgan fingerprint density at radius 3 is 2.77 bits per heavy atom. The van der Waals surface area contributed by atoms with E-state index in [2.05, 4.69) is 10.3 Å². The summed E-state index contributed by atoms with van der Waals surface area (Å²) in [6.07, 6.45) is 3.24. The molecule has 1 aromatic carbocycles. The number of carbonyl (C=O) groups excluding carboxylic acids is 1. The molecule has 0 aliphatic heterocycles. The van der Waals surface area contributed by atoms with Crippen molar-refractivity contribution >= 4 is 22.5 Å². The Kier molecular flexibility index (Phi) is 4.24. The fourth-order valence-electron chi connectivity index (χ4n) is 2.97. The van der Waals surface area contributed by atoms with Crippen LogP contribution in [-0.4, -0.2) is 28.1 Å². The van der Waals surface area contributed by atoms with Gasteiger partial charge in [0.1, 0.15) is 0 Å². The Morgan fingerprint density at radius 1 is 1.23 bits per heavy atom. The minimum Gasteiger partial charge on any atom is -0.397 e. The lowest BCUT2D eigenvalue weighted by Gasteiger charge is -2.26. The monoisotopic (exact) mass is 299 g/mol. The summed E-state index contributed by atoms with van der Waals surface area (Å²) < 4.78 is 0. The Balaban J connectivity index is 1.65. The number of nitrogens with one attached hydrogen (secondary N) is 1. The first-order valence-corrected chi connectivity index (χ1v) is 7.73. The van der Waals surface area contributed by atoms with Crippen LogP contribution >= 0.6 is 0 Å². The van der Waals surface area contributed by atoms with Gasteiger partial charge in [-0.1, -0.05) is 18.2 Å². The quantitative estimate of drug-likeness (QED) is 0.754. The topological polar surface area (TPSA) is 88.2 Å². The van der Waals surface area contributed by atoms with E-state index in [1.54, 1.807) is 0 Å². The van der Waals surface area contributed by atoms with E-state index >= 15 is 0 Å². The normalized spacial score (nSPS) is 21.7. The zero-order valence-corrected chi connectivity index (χ0v) is 12.5. The SMILES string of the molecule is Nc1cccc2ccc(CC(=O)NC3CCC(O)CC3)nc12. The van der Waals surface area contributed by atoms with E-state index in [1.807, 2.05) is 30.3 Å². The van der Waals surface area contributed by atoms with Gasteiger partial charge in [0, 0.05) is 11.4 Å². The van der Waals surface area contributed by atoms with Crippen molar-refractivity contribution in [1.29, 1.82) is 0 Å². The molecule has 1 amide bonds. The van der Waals surface area contributed by atoms with Gasteiger partial charge >= 0.3 is 0 Å². The van der Waals surface area contributed by atoms with Gasteiger partial charge in [-0.2, -0.15) is 0 Å². The predicted octanol–water partition coefficient (Wildman–Crippen LogP) is 1.78. The van der Waals surface area contributed by atoms with E-state index < -0.39 is 0 Å². The highest BCUT2D eigenvalue weighted by Gasteiger charge is 2.20. The zero-order valence-electron chi connectivity index (χ0n) is 12.5. The van der Waals surface area contributed by atoms with Crippen LogP contribution in [0.15, 0.2) is 30.3 Å². The third kappa shape index (κ3) is 3.36. The number of nitrogens with two attached hydrogens (primary N) is 1. The van der Waals surface area contributed by atoms with Crippen molar-refractivity contribution in [3.63, 3.8) is 0 Å². The van der Waals surface area contributed by atoms with E-state index in [9.17, 15) is 9.90 Å². The molecule has 0 unspecified atom stereocenters. The Bertz CT molecular complexity index is 679. The first-order valence-electron chi connectivity index (χ1n) is 7.73. The van der Waals surface area contributed by atoms with Crippen molar-refractivity contribution in [2.24, 2.45) is 0 Å². The number of anilines is 1. The van der Waals surface area contributed by atoms with Gasteiger partial charge in [0.05, 0.1) is 29.4 Å². The molecule has 3 rings (SSSR count). The number of nitrogens with zero attached hydrogens (tertiary/aromatic N) is 1. The molecular weight excluding hydrogens is 278 g/mol. The molecule has 1 heterocycles. The minimum atomic E-state index is -0.210. The van der Waals surface area contributed by atoms with Crippen LogP contribution in [0.2, 0.25) is 0 Å². The fraction of sp³-hybridized carbons (Fsp3) is 0.412. The second kappa shape index (κ2) is 6.32. The number of pyridine rings is 1. The lowest BCUT2D eigenvalue weighted by molar-refractivity contribution is -0.121. The molecule has 0 saturated heterocycles. The maximum atomic E-state index is 12.1. The lowest BCUT2D eigenvalue weighted by atomic mass is 9.93. The van der Waals surface area contributed by atoms with E-state index in [-0.39, 0.29) is 24.5 Å². The average Bonchev–Trinajstić information content (AvgIpc) is 2.50. The van der Waals surface area contributed by atoms with E-state index in [4.69, 9.17) is 5.73 Å². The number of nitrogen functional groups attached to an aromatic ring is 1. The summed E-state index contributed by atoms with van der Waals surface area (Å²) in [6.45, 7) is 0.